The molecule has 152 valence electrons. The number of aromatic nitrogens is 5. The van der Waals surface area contributed by atoms with E-state index in [-0.39, 0.29) is 39.9 Å². The summed E-state index contributed by atoms with van der Waals surface area (Å²) in [6.07, 6.45) is 2.69. The lowest BCUT2D eigenvalue weighted by Crippen LogP contribution is -2.23. The van der Waals surface area contributed by atoms with E-state index in [1.165, 1.54) is 19.2 Å². The van der Waals surface area contributed by atoms with Gasteiger partial charge in [0.05, 0.1) is 17.5 Å². The van der Waals surface area contributed by atoms with Crippen LogP contribution in [0, 0.1) is 24.5 Å². The quantitative estimate of drug-likeness (QED) is 0.540. The Balaban J connectivity index is 1.64. The van der Waals surface area contributed by atoms with E-state index in [9.17, 15) is 22.8 Å². The van der Waals surface area contributed by atoms with Crippen molar-refractivity contribution in [3.63, 3.8) is 0 Å². The fraction of sp³-hybridized carbons (Fsp3) is 0.200. The second kappa shape index (κ2) is 6.41. The normalized spacial score (nSPS) is 18.1. The van der Waals surface area contributed by atoms with Crippen molar-refractivity contribution < 1.29 is 13.2 Å². The minimum atomic E-state index is -0.737. The average Bonchev–Trinajstić information content (AvgIpc) is 3.40. The van der Waals surface area contributed by atoms with Gasteiger partial charge in [0.1, 0.15) is 11.6 Å². The number of rotatable bonds is 3. The van der Waals surface area contributed by atoms with Crippen LogP contribution in [0.25, 0.3) is 16.9 Å². The first kappa shape index (κ1) is 18.3. The van der Waals surface area contributed by atoms with Crippen molar-refractivity contribution in [2.24, 2.45) is 0 Å². The number of benzene rings is 1. The maximum atomic E-state index is 14.4. The van der Waals surface area contributed by atoms with Crippen LogP contribution in [0.4, 0.5) is 13.2 Å². The molecule has 0 unspecified atom stereocenters. The van der Waals surface area contributed by atoms with Crippen LogP contribution in [0.1, 0.15) is 34.9 Å². The second-order valence-electron chi connectivity index (χ2n) is 7.36. The Kier molecular flexibility index (Phi) is 3.92. The summed E-state index contributed by atoms with van der Waals surface area (Å²) in [6, 6.07) is 3.91. The van der Waals surface area contributed by atoms with Gasteiger partial charge in [-0.25, -0.2) is 18.6 Å². The van der Waals surface area contributed by atoms with Crippen molar-refractivity contribution in [2.75, 3.05) is 0 Å². The van der Waals surface area contributed by atoms with Crippen molar-refractivity contribution in [3.8, 4) is 11.3 Å². The number of fused-ring (bicyclic) bond motifs is 1. The Morgan fingerprint density at radius 2 is 1.83 bits per heavy atom. The maximum Gasteiger partial charge on any atom is 0.325 e. The Morgan fingerprint density at radius 1 is 1.07 bits per heavy atom. The number of nitrogens with one attached hydrogen (secondary N) is 2. The average molecular weight is 413 g/mol. The van der Waals surface area contributed by atoms with Gasteiger partial charge in [0.25, 0.3) is 5.56 Å². The molecule has 1 aliphatic carbocycles. The summed E-state index contributed by atoms with van der Waals surface area (Å²) in [5.74, 6) is -2.30. The van der Waals surface area contributed by atoms with Gasteiger partial charge < -0.3 is 4.98 Å². The third-order valence-corrected chi connectivity index (χ3v) is 5.42. The molecule has 0 bridgehead atoms. The minimum Gasteiger partial charge on any atom is -0.313 e. The van der Waals surface area contributed by atoms with Gasteiger partial charge in [0.2, 0.25) is 5.95 Å². The third kappa shape index (κ3) is 2.83. The van der Waals surface area contributed by atoms with E-state index in [1.54, 1.807) is 6.07 Å². The smallest absolute Gasteiger partial charge is 0.313 e. The highest BCUT2D eigenvalue weighted by molar-refractivity contribution is 5.63. The zero-order valence-corrected chi connectivity index (χ0v) is 15.5. The molecule has 10 heteroatoms. The molecule has 30 heavy (non-hydrogen) atoms. The molecule has 3 heterocycles. The molecule has 4 aromatic rings. The van der Waals surface area contributed by atoms with Crippen LogP contribution in [0.2, 0.25) is 0 Å². The summed E-state index contributed by atoms with van der Waals surface area (Å²) in [4.78, 5) is 32.0. The highest BCUT2D eigenvalue weighted by Gasteiger charge is 2.43. The Labute approximate surface area is 166 Å². The largest absolute Gasteiger partial charge is 0.325 e. The fourth-order valence-electron chi connectivity index (χ4n) is 3.80. The number of hydrogen-bond acceptors (Lipinski definition) is 4. The monoisotopic (exact) mass is 413 g/mol. The van der Waals surface area contributed by atoms with Crippen LogP contribution in [-0.4, -0.2) is 24.6 Å². The lowest BCUT2D eigenvalue weighted by atomic mass is 10.0. The van der Waals surface area contributed by atoms with Crippen molar-refractivity contribution in [1.29, 1.82) is 0 Å². The van der Waals surface area contributed by atoms with Crippen LogP contribution < -0.4 is 11.2 Å². The summed E-state index contributed by atoms with van der Waals surface area (Å²) in [6.45, 7) is 1.49. The summed E-state index contributed by atoms with van der Waals surface area (Å²) in [7, 11) is 0. The Morgan fingerprint density at radius 3 is 2.60 bits per heavy atom. The van der Waals surface area contributed by atoms with Crippen molar-refractivity contribution in [1.82, 2.24) is 24.6 Å². The molecule has 1 aliphatic rings. The highest BCUT2D eigenvalue weighted by atomic mass is 19.1. The third-order valence-electron chi connectivity index (χ3n) is 5.42. The molecule has 0 amide bonds. The zero-order chi connectivity index (χ0) is 21.2. The van der Waals surface area contributed by atoms with E-state index >= 15 is 0 Å². The molecule has 1 fully saturated rings. The molecule has 2 atom stereocenters. The van der Waals surface area contributed by atoms with Gasteiger partial charge in [0.15, 0.2) is 5.65 Å². The Hall–Kier alpha value is -3.69. The van der Waals surface area contributed by atoms with E-state index in [1.807, 2.05) is 0 Å². The van der Waals surface area contributed by atoms with Crippen LogP contribution >= 0.6 is 0 Å². The molecule has 5 rings (SSSR count). The van der Waals surface area contributed by atoms with Gasteiger partial charge in [0, 0.05) is 11.8 Å². The van der Waals surface area contributed by atoms with Gasteiger partial charge in [-0.05, 0) is 54.5 Å². The van der Waals surface area contributed by atoms with Gasteiger partial charge in [-0.3, -0.25) is 9.78 Å². The van der Waals surface area contributed by atoms with Crippen molar-refractivity contribution in [3.05, 3.63) is 85.7 Å². The number of H-pyrrole nitrogens is 2. The van der Waals surface area contributed by atoms with Gasteiger partial charge in [-0.2, -0.15) is 14.0 Å². The minimum absolute atomic E-state index is 0.0376. The fourth-order valence-corrected chi connectivity index (χ4v) is 3.80. The molecule has 7 nitrogen and oxygen atoms in total. The summed E-state index contributed by atoms with van der Waals surface area (Å²) >= 11 is 0. The summed E-state index contributed by atoms with van der Waals surface area (Å²) in [5.41, 5.74) is 0.0402. The molecule has 0 radical (unpaired) electrons. The number of aryl methyl sites for hydroxylation is 1. The van der Waals surface area contributed by atoms with Gasteiger partial charge >= 0.3 is 5.69 Å². The maximum absolute atomic E-state index is 14.4. The standard InChI is InChI=1S/C20H14F3N5O2/c1-8-2-15(22)11(4-14(8)21)9-3-10(9)12-5-16(13-6-25-20(30)26-19(13)29)27-28-17(23)7-24-18(12)28/h2,4-7,9-10H,3H2,1H3,(H2,25,26,29,30)/t9-,10-/m0/s1. The number of hydrogen-bond donors (Lipinski definition) is 2. The number of aromatic amines is 2. The lowest BCUT2D eigenvalue weighted by molar-refractivity contribution is 0.549. The first-order valence-corrected chi connectivity index (χ1v) is 9.15. The van der Waals surface area contributed by atoms with Crippen LogP contribution in [0.5, 0.6) is 0 Å². The van der Waals surface area contributed by atoms with Crippen molar-refractivity contribution in [2.45, 2.75) is 25.2 Å². The first-order chi connectivity index (χ1) is 14.3. The topological polar surface area (TPSA) is 95.9 Å². The second-order valence-corrected chi connectivity index (χ2v) is 7.36. The number of nitrogens with zero attached hydrogens (tertiary/aromatic N) is 3. The predicted octanol–water partition coefficient (Wildman–Crippen LogP) is 2.77. The molecule has 1 saturated carbocycles. The van der Waals surface area contributed by atoms with Crippen LogP contribution in [-0.2, 0) is 0 Å². The highest BCUT2D eigenvalue weighted by Crippen LogP contribution is 2.56. The van der Waals surface area contributed by atoms with E-state index in [0.29, 0.717) is 12.0 Å². The molecule has 0 saturated heterocycles. The van der Waals surface area contributed by atoms with Crippen molar-refractivity contribution >= 4 is 5.65 Å². The van der Waals surface area contributed by atoms with E-state index in [4.69, 9.17) is 0 Å². The molecule has 2 N–H and O–H groups in total. The molecular weight excluding hydrogens is 399 g/mol. The van der Waals surface area contributed by atoms with Gasteiger partial charge in [-0.15, -0.1) is 0 Å². The van der Waals surface area contributed by atoms with E-state index < -0.39 is 28.8 Å². The molecular formula is C20H14F3N5O2. The number of halogens is 3. The summed E-state index contributed by atoms with van der Waals surface area (Å²) in [5, 5.41) is 4.11. The lowest BCUT2D eigenvalue weighted by Gasteiger charge is -2.08. The zero-order valence-electron chi connectivity index (χ0n) is 15.5. The molecule has 0 spiro atoms. The number of imidazole rings is 1. The predicted molar refractivity (Wildman–Crippen MR) is 101 cm³/mol. The first-order valence-electron chi connectivity index (χ1n) is 9.15. The van der Waals surface area contributed by atoms with Crippen LogP contribution in [0.15, 0.2) is 40.2 Å². The molecule has 3 aromatic heterocycles. The van der Waals surface area contributed by atoms with E-state index in [2.05, 4.69) is 20.1 Å². The molecule has 1 aromatic carbocycles. The van der Waals surface area contributed by atoms with Crippen LogP contribution in [0.3, 0.4) is 0 Å². The Bertz CT molecular complexity index is 1440. The summed E-state index contributed by atoms with van der Waals surface area (Å²) < 4.78 is 43.6. The molecule has 0 aliphatic heterocycles. The van der Waals surface area contributed by atoms with Gasteiger partial charge in [-0.1, -0.05) is 0 Å². The SMILES string of the molecule is Cc1cc(F)c([C@H]2C[C@@H]2c2cc(-c3c[nH]c(=O)[nH]c3=O)nn3c(F)cnc23)cc1F. The van der Waals surface area contributed by atoms with E-state index in [0.717, 1.165) is 16.8 Å².